The number of hydrogen-bond donors (Lipinski definition) is 0. The number of carbonyl (C=O) groups excluding carboxylic acids is 2. The van der Waals surface area contributed by atoms with Gasteiger partial charge in [0.05, 0.1) is 0 Å². The molecule has 0 saturated heterocycles. The smallest absolute Gasteiger partial charge is 0.310 e. The summed E-state index contributed by atoms with van der Waals surface area (Å²) in [6.45, 7) is 4.60. The molecule has 0 aromatic heterocycles. The minimum atomic E-state index is -0.519. The van der Waals surface area contributed by atoms with E-state index < -0.39 is 11.9 Å². The van der Waals surface area contributed by atoms with Crippen LogP contribution in [0.2, 0.25) is 0 Å². The lowest BCUT2D eigenvalue weighted by atomic mass is 10.2. The summed E-state index contributed by atoms with van der Waals surface area (Å²) in [4.78, 5) is 21.4. The number of ether oxygens (including phenoxy) is 2. The van der Waals surface area contributed by atoms with Gasteiger partial charge in [0.25, 0.3) is 5.95 Å². The van der Waals surface area contributed by atoms with Crippen LogP contribution in [0, 0.1) is 0 Å². The summed E-state index contributed by atoms with van der Waals surface area (Å²) in [6.07, 6.45) is 8.25. The topological polar surface area (TPSA) is 52.6 Å². The van der Waals surface area contributed by atoms with Crippen molar-refractivity contribution in [3.63, 3.8) is 0 Å². The Morgan fingerprint density at radius 3 is 2.12 bits per heavy atom. The van der Waals surface area contributed by atoms with E-state index in [-0.39, 0.29) is 5.95 Å². The molecule has 0 amide bonds. The molecule has 0 aromatic rings. The first-order valence-corrected chi connectivity index (χ1v) is 5.30. The van der Waals surface area contributed by atoms with Gasteiger partial charge in [0.2, 0.25) is 0 Å². The number of carbonyl (C=O) groups is 2. The lowest BCUT2D eigenvalue weighted by molar-refractivity contribution is -0.150. The van der Waals surface area contributed by atoms with Gasteiger partial charge in [-0.2, -0.15) is 0 Å². The second kappa shape index (κ2) is 8.71. The first-order valence-electron chi connectivity index (χ1n) is 5.30. The highest BCUT2D eigenvalue weighted by atomic mass is 16.7. The third kappa shape index (κ3) is 8.99. The van der Waals surface area contributed by atoms with E-state index in [0.29, 0.717) is 0 Å². The Kier molecular flexibility index (Phi) is 7.85. The highest BCUT2D eigenvalue weighted by Crippen LogP contribution is 2.03. The Hall–Kier alpha value is -1.58. The molecule has 0 bridgehead atoms. The molecule has 0 aromatic carbocycles. The van der Waals surface area contributed by atoms with E-state index in [1.807, 2.05) is 6.08 Å². The Bertz CT molecular complexity index is 271. The van der Waals surface area contributed by atoms with E-state index in [4.69, 9.17) is 9.47 Å². The normalized spacial score (nSPS) is 9.94. The molecule has 0 fully saturated rings. The fraction of sp³-hybridized carbons (Fsp3) is 0.500. The quantitative estimate of drug-likeness (QED) is 0.302. The average molecular weight is 226 g/mol. The van der Waals surface area contributed by atoms with Crippen LogP contribution in [-0.4, -0.2) is 11.9 Å². The molecule has 0 atom stereocenters. The van der Waals surface area contributed by atoms with Crippen molar-refractivity contribution in [1.29, 1.82) is 0 Å². The average Bonchev–Trinajstić information content (AvgIpc) is 2.15. The van der Waals surface area contributed by atoms with Gasteiger partial charge in [-0.3, -0.25) is 9.59 Å². The van der Waals surface area contributed by atoms with Gasteiger partial charge in [-0.15, -0.1) is 0 Å². The summed E-state index contributed by atoms with van der Waals surface area (Å²) in [5.74, 6) is -1.13. The van der Waals surface area contributed by atoms with Crippen LogP contribution in [0.25, 0.3) is 0 Å². The first-order chi connectivity index (χ1) is 7.56. The van der Waals surface area contributed by atoms with Gasteiger partial charge in [-0.25, -0.2) is 0 Å². The van der Waals surface area contributed by atoms with Crippen molar-refractivity contribution in [3.05, 3.63) is 24.2 Å². The molecule has 0 aliphatic heterocycles. The van der Waals surface area contributed by atoms with E-state index >= 15 is 0 Å². The monoisotopic (exact) mass is 226 g/mol. The Balaban J connectivity index is 4.25. The summed E-state index contributed by atoms with van der Waals surface area (Å²) in [5.41, 5.74) is 0. The van der Waals surface area contributed by atoms with Gasteiger partial charge in [-0.05, 0) is 6.42 Å². The second-order valence-corrected chi connectivity index (χ2v) is 3.24. The molecule has 0 radical (unpaired) electrons. The molecule has 16 heavy (non-hydrogen) atoms. The molecule has 4 nitrogen and oxygen atoms in total. The molecule has 90 valence electrons. The van der Waals surface area contributed by atoms with Crippen LogP contribution in [0.5, 0.6) is 0 Å². The summed E-state index contributed by atoms with van der Waals surface area (Å²) >= 11 is 0. The van der Waals surface area contributed by atoms with Crippen molar-refractivity contribution < 1.29 is 19.1 Å². The molecular formula is C12H18O4. The Morgan fingerprint density at radius 2 is 1.69 bits per heavy atom. The SMILES string of the molecule is CCCCC=CC=C(OC(C)=O)OC(C)=O. The van der Waals surface area contributed by atoms with Crippen molar-refractivity contribution in [3.8, 4) is 0 Å². The number of hydrogen-bond acceptors (Lipinski definition) is 4. The molecule has 0 saturated carbocycles. The van der Waals surface area contributed by atoms with Crippen LogP contribution in [-0.2, 0) is 19.1 Å². The largest absolute Gasteiger partial charge is 0.393 e. The second-order valence-electron chi connectivity index (χ2n) is 3.24. The van der Waals surface area contributed by atoms with Crippen LogP contribution < -0.4 is 0 Å². The molecule has 0 N–H and O–H groups in total. The minimum Gasteiger partial charge on any atom is -0.393 e. The third-order valence-electron chi connectivity index (χ3n) is 1.58. The van der Waals surface area contributed by atoms with Crippen molar-refractivity contribution in [1.82, 2.24) is 0 Å². The summed E-state index contributed by atoms with van der Waals surface area (Å²) in [5, 5.41) is 0. The lowest BCUT2D eigenvalue weighted by Gasteiger charge is -2.04. The predicted octanol–water partition coefficient (Wildman–Crippen LogP) is 2.70. The first kappa shape index (κ1) is 14.4. The number of allylic oxidation sites excluding steroid dienone is 3. The molecule has 0 aliphatic carbocycles. The fourth-order valence-corrected chi connectivity index (χ4v) is 0.937. The summed E-state index contributed by atoms with van der Waals surface area (Å²) < 4.78 is 9.39. The van der Waals surface area contributed by atoms with Gasteiger partial charge in [0, 0.05) is 19.9 Å². The maximum absolute atomic E-state index is 10.7. The highest BCUT2D eigenvalue weighted by Gasteiger charge is 2.04. The van der Waals surface area contributed by atoms with Crippen molar-refractivity contribution in [2.24, 2.45) is 0 Å². The van der Waals surface area contributed by atoms with Crippen LogP contribution in [0.15, 0.2) is 24.2 Å². The van der Waals surface area contributed by atoms with Gasteiger partial charge in [0.15, 0.2) is 0 Å². The van der Waals surface area contributed by atoms with E-state index in [0.717, 1.165) is 19.3 Å². The van der Waals surface area contributed by atoms with Gasteiger partial charge in [-0.1, -0.05) is 31.9 Å². The maximum atomic E-state index is 10.7. The van der Waals surface area contributed by atoms with Crippen molar-refractivity contribution >= 4 is 11.9 Å². The number of rotatable bonds is 6. The van der Waals surface area contributed by atoms with E-state index in [9.17, 15) is 9.59 Å². The molecule has 0 aliphatic rings. The third-order valence-corrected chi connectivity index (χ3v) is 1.58. The molecule has 0 heterocycles. The lowest BCUT2D eigenvalue weighted by Crippen LogP contribution is -2.05. The molecule has 0 unspecified atom stereocenters. The number of esters is 2. The van der Waals surface area contributed by atoms with Crippen LogP contribution in [0.1, 0.15) is 40.0 Å². The Morgan fingerprint density at radius 1 is 1.12 bits per heavy atom. The molecule has 0 spiro atoms. The zero-order chi connectivity index (χ0) is 12.4. The molecular weight excluding hydrogens is 208 g/mol. The fourth-order valence-electron chi connectivity index (χ4n) is 0.937. The van der Waals surface area contributed by atoms with E-state index in [2.05, 4.69) is 6.92 Å². The van der Waals surface area contributed by atoms with Crippen LogP contribution in [0.4, 0.5) is 0 Å². The van der Waals surface area contributed by atoms with Gasteiger partial charge < -0.3 is 9.47 Å². The highest BCUT2D eigenvalue weighted by molar-refractivity contribution is 5.70. The van der Waals surface area contributed by atoms with Crippen molar-refractivity contribution in [2.45, 2.75) is 40.0 Å². The minimum absolute atomic E-state index is 0.0900. The van der Waals surface area contributed by atoms with E-state index in [1.54, 1.807) is 6.08 Å². The van der Waals surface area contributed by atoms with Crippen LogP contribution >= 0.6 is 0 Å². The summed E-state index contributed by atoms with van der Waals surface area (Å²) in [6, 6.07) is 0. The van der Waals surface area contributed by atoms with Gasteiger partial charge in [0.1, 0.15) is 0 Å². The molecule has 4 heteroatoms. The zero-order valence-electron chi connectivity index (χ0n) is 9.99. The van der Waals surface area contributed by atoms with Crippen LogP contribution in [0.3, 0.4) is 0 Å². The number of unbranched alkanes of at least 4 members (excludes halogenated alkanes) is 2. The van der Waals surface area contributed by atoms with Crippen molar-refractivity contribution in [2.75, 3.05) is 0 Å². The Labute approximate surface area is 95.9 Å². The predicted molar refractivity (Wildman–Crippen MR) is 60.3 cm³/mol. The summed E-state index contributed by atoms with van der Waals surface area (Å²) in [7, 11) is 0. The van der Waals surface area contributed by atoms with Gasteiger partial charge >= 0.3 is 11.9 Å². The zero-order valence-corrected chi connectivity index (χ0v) is 9.99. The van der Waals surface area contributed by atoms with E-state index in [1.165, 1.54) is 19.9 Å². The standard InChI is InChI=1S/C12H18O4/c1-4-5-6-7-8-9-12(15-10(2)13)16-11(3)14/h7-9H,4-6H2,1-3H3. The molecule has 0 rings (SSSR count). The maximum Gasteiger partial charge on any atom is 0.310 e.